The highest BCUT2D eigenvalue weighted by Crippen LogP contribution is 2.28. The third-order valence-electron chi connectivity index (χ3n) is 4.28. The summed E-state index contributed by atoms with van der Waals surface area (Å²) in [7, 11) is 0. The Morgan fingerprint density at radius 3 is 1.68 bits per heavy atom. The third kappa shape index (κ3) is 3.12. The van der Waals surface area contributed by atoms with Crippen molar-refractivity contribution in [3.8, 4) is 0 Å². The quantitative estimate of drug-likeness (QED) is 0.664. The highest BCUT2D eigenvalue weighted by atomic mass is 15.3. The minimum Gasteiger partial charge on any atom is -0.291 e. The molecule has 0 aromatic heterocycles. The summed E-state index contributed by atoms with van der Waals surface area (Å²) in [5.41, 5.74) is 14.1. The highest BCUT2D eigenvalue weighted by molar-refractivity contribution is 5.70. The maximum absolute atomic E-state index is 5.71. The fraction of sp³-hybridized carbons (Fsp3) is 0.278. The van der Waals surface area contributed by atoms with Crippen LogP contribution in [-0.4, -0.2) is 41.6 Å². The van der Waals surface area contributed by atoms with Crippen molar-refractivity contribution in [1.29, 1.82) is 0 Å². The summed E-state index contributed by atoms with van der Waals surface area (Å²) in [6, 6.07) is 21.6. The lowest BCUT2D eigenvalue weighted by Gasteiger charge is -2.35. The maximum atomic E-state index is 5.71. The van der Waals surface area contributed by atoms with E-state index in [4.69, 9.17) is 11.5 Å². The van der Waals surface area contributed by atoms with Gasteiger partial charge < -0.3 is 0 Å². The molecule has 1 aliphatic heterocycles. The van der Waals surface area contributed by atoms with E-state index in [0.29, 0.717) is 5.96 Å². The van der Waals surface area contributed by atoms with Gasteiger partial charge in [-0.15, -0.1) is 0 Å². The van der Waals surface area contributed by atoms with Crippen molar-refractivity contribution in [3.05, 3.63) is 71.8 Å². The van der Waals surface area contributed by atoms with Gasteiger partial charge in [0.05, 0.1) is 19.1 Å². The van der Waals surface area contributed by atoms with Crippen LogP contribution in [0.2, 0.25) is 0 Å². The average Bonchev–Trinajstić information content (AvgIpc) is 2.57. The molecule has 0 atom stereocenters. The Hall–Kier alpha value is -2.33. The van der Waals surface area contributed by atoms with Gasteiger partial charge in [-0.2, -0.15) is 0 Å². The second-order valence-electron chi connectivity index (χ2n) is 5.67. The standard InChI is InChI=1S/C18H22N4/c19-18(20)22-13-11-21(12-14-22)17(15-7-3-1-4-8-15)16-9-5-2-6-10-16/h1-10,17H,11-14H2,(H3,19,20)/p+1. The minimum absolute atomic E-state index is 0.281. The molecule has 4 N–H and O–H groups in total. The van der Waals surface area contributed by atoms with Gasteiger partial charge in [-0.25, -0.2) is 0 Å². The second-order valence-corrected chi connectivity index (χ2v) is 5.67. The Kier molecular flexibility index (Phi) is 4.39. The average molecular weight is 295 g/mol. The zero-order chi connectivity index (χ0) is 15.4. The van der Waals surface area contributed by atoms with Gasteiger partial charge in [0.25, 0.3) is 0 Å². The van der Waals surface area contributed by atoms with Crippen LogP contribution in [-0.2, 0) is 0 Å². The number of rotatable bonds is 3. The molecule has 0 aliphatic carbocycles. The number of guanidine groups is 1. The first kappa shape index (κ1) is 14.6. The first-order chi connectivity index (χ1) is 10.8. The molecule has 0 spiro atoms. The number of nitrogens with zero attached hydrogens (tertiary/aromatic N) is 2. The summed E-state index contributed by atoms with van der Waals surface area (Å²) >= 11 is 0. The third-order valence-corrected chi connectivity index (χ3v) is 4.28. The van der Waals surface area contributed by atoms with Gasteiger partial charge in [0.1, 0.15) is 0 Å². The molecule has 4 heteroatoms. The molecule has 0 bridgehead atoms. The monoisotopic (exact) mass is 295 g/mol. The number of nitrogens with two attached hydrogens (primary N) is 2. The van der Waals surface area contributed by atoms with Crippen LogP contribution in [0.1, 0.15) is 17.2 Å². The number of hydrogen-bond acceptors (Lipinski definition) is 1. The van der Waals surface area contributed by atoms with Crippen LogP contribution in [0.4, 0.5) is 0 Å². The SMILES string of the molecule is NC(N)=[N+]1CCN(C(c2ccccc2)c2ccccc2)CC1. The molecule has 0 saturated carbocycles. The van der Waals surface area contributed by atoms with Crippen molar-refractivity contribution in [2.75, 3.05) is 26.2 Å². The Morgan fingerprint density at radius 1 is 0.818 bits per heavy atom. The van der Waals surface area contributed by atoms with Crippen molar-refractivity contribution < 1.29 is 4.58 Å². The van der Waals surface area contributed by atoms with Crippen LogP contribution in [0, 0.1) is 0 Å². The zero-order valence-corrected chi connectivity index (χ0v) is 12.7. The zero-order valence-electron chi connectivity index (χ0n) is 12.7. The molecule has 1 saturated heterocycles. The predicted molar refractivity (Wildman–Crippen MR) is 89.7 cm³/mol. The Bertz CT molecular complexity index is 583. The molecule has 3 rings (SSSR count). The van der Waals surface area contributed by atoms with E-state index in [0.717, 1.165) is 26.2 Å². The summed E-state index contributed by atoms with van der Waals surface area (Å²) in [5.74, 6) is 0.427. The molecule has 1 heterocycles. The topological polar surface area (TPSA) is 58.3 Å². The predicted octanol–water partition coefficient (Wildman–Crippen LogP) is 1.38. The molecule has 0 radical (unpaired) electrons. The fourth-order valence-corrected chi connectivity index (χ4v) is 3.12. The summed E-state index contributed by atoms with van der Waals surface area (Å²) in [6.07, 6.45) is 0. The normalized spacial score (nSPS) is 16.0. The van der Waals surface area contributed by atoms with Gasteiger partial charge in [-0.1, -0.05) is 60.7 Å². The number of piperazine rings is 1. The molecule has 2 aromatic rings. The molecule has 0 unspecified atom stereocenters. The lowest BCUT2D eigenvalue weighted by molar-refractivity contribution is -0.542. The van der Waals surface area contributed by atoms with Gasteiger partial charge in [-0.3, -0.25) is 20.9 Å². The van der Waals surface area contributed by atoms with Crippen LogP contribution < -0.4 is 11.5 Å². The Balaban J connectivity index is 1.89. The Labute approximate surface area is 131 Å². The maximum Gasteiger partial charge on any atom is 0.341 e. The van der Waals surface area contributed by atoms with Crippen LogP contribution in [0.25, 0.3) is 0 Å². The highest BCUT2D eigenvalue weighted by Gasteiger charge is 2.26. The minimum atomic E-state index is 0.281. The molecule has 4 nitrogen and oxygen atoms in total. The van der Waals surface area contributed by atoms with Crippen LogP contribution in [0.5, 0.6) is 0 Å². The molecule has 1 fully saturated rings. The van der Waals surface area contributed by atoms with Crippen molar-refractivity contribution in [2.24, 2.45) is 11.5 Å². The van der Waals surface area contributed by atoms with Gasteiger partial charge in [-0.05, 0) is 11.1 Å². The van der Waals surface area contributed by atoms with E-state index < -0.39 is 0 Å². The van der Waals surface area contributed by atoms with Crippen LogP contribution >= 0.6 is 0 Å². The lowest BCUT2D eigenvalue weighted by Crippen LogP contribution is -2.49. The lowest BCUT2D eigenvalue weighted by atomic mass is 9.96. The number of hydrogen-bond donors (Lipinski definition) is 2. The molecule has 1 aliphatic rings. The van der Waals surface area contributed by atoms with Gasteiger partial charge in [0, 0.05) is 13.1 Å². The molecule has 2 aromatic carbocycles. The van der Waals surface area contributed by atoms with E-state index in [2.05, 4.69) is 65.6 Å². The van der Waals surface area contributed by atoms with Gasteiger partial charge in [0.2, 0.25) is 0 Å². The van der Waals surface area contributed by atoms with E-state index >= 15 is 0 Å². The van der Waals surface area contributed by atoms with E-state index in [1.165, 1.54) is 11.1 Å². The first-order valence-electron chi connectivity index (χ1n) is 7.72. The molecule has 22 heavy (non-hydrogen) atoms. The second kappa shape index (κ2) is 6.62. The van der Waals surface area contributed by atoms with Gasteiger partial charge >= 0.3 is 5.96 Å². The Morgan fingerprint density at radius 2 is 1.27 bits per heavy atom. The summed E-state index contributed by atoms with van der Waals surface area (Å²) in [4.78, 5) is 2.50. The van der Waals surface area contributed by atoms with Crippen LogP contribution in [0.15, 0.2) is 60.7 Å². The summed E-state index contributed by atoms with van der Waals surface area (Å²) < 4.78 is 2.05. The fourth-order valence-electron chi connectivity index (χ4n) is 3.12. The van der Waals surface area contributed by atoms with E-state index in [9.17, 15) is 0 Å². The number of benzene rings is 2. The molecule has 114 valence electrons. The van der Waals surface area contributed by atoms with Crippen molar-refractivity contribution in [2.45, 2.75) is 6.04 Å². The summed E-state index contributed by atoms with van der Waals surface area (Å²) in [5, 5.41) is 0. The summed E-state index contributed by atoms with van der Waals surface area (Å²) in [6.45, 7) is 3.65. The molecular weight excluding hydrogens is 272 g/mol. The van der Waals surface area contributed by atoms with E-state index in [-0.39, 0.29) is 6.04 Å². The van der Waals surface area contributed by atoms with Crippen molar-refractivity contribution >= 4 is 5.96 Å². The van der Waals surface area contributed by atoms with Crippen LogP contribution in [0.3, 0.4) is 0 Å². The van der Waals surface area contributed by atoms with E-state index in [1.54, 1.807) is 0 Å². The first-order valence-corrected chi connectivity index (χ1v) is 7.72. The van der Waals surface area contributed by atoms with E-state index in [1.807, 2.05) is 4.58 Å². The molecule has 0 amide bonds. The van der Waals surface area contributed by atoms with Gasteiger partial charge in [0.15, 0.2) is 0 Å². The smallest absolute Gasteiger partial charge is 0.291 e. The molecular formula is C18H23N4+. The van der Waals surface area contributed by atoms with Crippen molar-refractivity contribution in [1.82, 2.24) is 4.90 Å². The van der Waals surface area contributed by atoms with Crippen molar-refractivity contribution in [3.63, 3.8) is 0 Å². The largest absolute Gasteiger partial charge is 0.341 e.